The van der Waals surface area contributed by atoms with Gasteiger partial charge >= 0.3 is 12.3 Å². The molecule has 0 bridgehead atoms. The summed E-state index contributed by atoms with van der Waals surface area (Å²) < 4.78 is 47.3. The Morgan fingerprint density at radius 1 is 1.08 bits per heavy atom. The molecule has 0 radical (unpaired) electrons. The Hall–Kier alpha value is -4.19. The van der Waals surface area contributed by atoms with Crippen molar-refractivity contribution >= 4 is 39.0 Å². The molecule has 0 aliphatic heterocycles. The number of carbonyl (C=O) groups excluding carboxylic acids is 2. The molecule has 2 heterocycles. The van der Waals surface area contributed by atoms with E-state index in [-0.39, 0.29) is 46.1 Å². The third kappa shape index (κ3) is 6.15. The minimum absolute atomic E-state index is 0.0340. The predicted molar refractivity (Wildman–Crippen MR) is 131 cm³/mol. The number of fused-ring (bicyclic) bond motifs is 1. The van der Waals surface area contributed by atoms with Crippen LogP contribution in [0.2, 0.25) is 0 Å². The summed E-state index contributed by atoms with van der Waals surface area (Å²) >= 11 is 1.05. The van der Waals surface area contributed by atoms with Crippen LogP contribution in [0.4, 0.5) is 18.2 Å². The number of nitrogens with one attached hydrogen (secondary N) is 1. The van der Waals surface area contributed by atoms with Crippen LogP contribution in [0.3, 0.4) is 0 Å². The predicted octanol–water partition coefficient (Wildman–Crippen LogP) is 5.09. The highest BCUT2D eigenvalue weighted by molar-refractivity contribution is 7.16. The van der Waals surface area contributed by atoms with Gasteiger partial charge in [-0.3, -0.25) is 9.59 Å². The molecule has 4 rings (SSSR count). The van der Waals surface area contributed by atoms with Gasteiger partial charge in [0.15, 0.2) is 5.69 Å². The SMILES string of the molecule is CCOC(=O)c1nn(-c2ccc(OC(F)(F)F)cc2)c(=O)c2c(NC(=O)CCc3ccccc3)scc12. The van der Waals surface area contributed by atoms with E-state index in [9.17, 15) is 27.6 Å². The molecule has 0 unspecified atom stereocenters. The average molecular weight is 532 g/mol. The summed E-state index contributed by atoms with van der Waals surface area (Å²) in [5, 5.41) is 8.82. The largest absolute Gasteiger partial charge is 0.573 e. The Balaban J connectivity index is 1.71. The van der Waals surface area contributed by atoms with Crippen molar-refractivity contribution in [3.63, 3.8) is 0 Å². The maximum atomic E-state index is 13.4. The van der Waals surface area contributed by atoms with Crippen molar-refractivity contribution in [3.05, 3.63) is 81.6 Å². The second kappa shape index (κ2) is 10.8. The number of aromatic nitrogens is 2. The molecular weight excluding hydrogens is 511 g/mol. The maximum Gasteiger partial charge on any atom is 0.573 e. The fourth-order valence-corrected chi connectivity index (χ4v) is 4.50. The lowest BCUT2D eigenvalue weighted by Gasteiger charge is -2.12. The third-order valence-corrected chi connectivity index (χ3v) is 6.07. The third-order valence-electron chi connectivity index (χ3n) is 5.17. The first kappa shape index (κ1) is 25.9. The Bertz CT molecular complexity index is 1480. The summed E-state index contributed by atoms with van der Waals surface area (Å²) in [6, 6.07) is 13.8. The van der Waals surface area contributed by atoms with E-state index in [0.29, 0.717) is 6.42 Å². The first-order chi connectivity index (χ1) is 17.7. The first-order valence-electron chi connectivity index (χ1n) is 11.1. The number of hydrogen-bond acceptors (Lipinski definition) is 7. The lowest BCUT2D eigenvalue weighted by Crippen LogP contribution is -2.25. The van der Waals surface area contributed by atoms with Crippen molar-refractivity contribution in [3.8, 4) is 11.4 Å². The van der Waals surface area contributed by atoms with Crippen molar-refractivity contribution in [2.24, 2.45) is 0 Å². The van der Waals surface area contributed by atoms with Gasteiger partial charge in [0.05, 0.1) is 17.7 Å². The van der Waals surface area contributed by atoms with Crippen LogP contribution in [0.1, 0.15) is 29.4 Å². The molecule has 0 aliphatic rings. The highest BCUT2D eigenvalue weighted by Gasteiger charge is 2.31. The van der Waals surface area contributed by atoms with Crippen molar-refractivity contribution in [1.82, 2.24) is 9.78 Å². The number of thiophene rings is 1. The number of carbonyl (C=O) groups is 2. The molecule has 12 heteroatoms. The molecule has 2 aromatic carbocycles. The van der Waals surface area contributed by atoms with E-state index in [2.05, 4.69) is 15.2 Å². The van der Waals surface area contributed by atoms with E-state index >= 15 is 0 Å². The zero-order chi connectivity index (χ0) is 26.6. The number of alkyl halides is 3. The number of ether oxygens (including phenoxy) is 2. The number of aryl methyl sites for hydroxylation is 1. The van der Waals surface area contributed by atoms with Gasteiger partial charge in [0, 0.05) is 17.2 Å². The highest BCUT2D eigenvalue weighted by Crippen LogP contribution is 2.31. The molecule has 1 N–H and O–H groups in total. The monoisotopic (exact) mass is 531 g/mol. The maximum absolute atomic E-state index is 13.4. The highest BCUT2D eigenvalue weighted by atomic mass is 32.1. The molecule has 0 aliphatic carbocycles. The zero-order valence-corrected chi connectivity index (χ0v) is 20.2. The van der Waals surface area contributed by atoms with E-state index < -0.39 is 23.6 Å². The quantitative estimate of drug-likeness (QED) is 0.318. The van der Waals surface area contributed by atoms with Gasteiger partial charge in [-0.25, -0.2) is 4.79 Å². The van der Waals surface area contributed by atoms with Crippen molar-refractivity contribution in [2.45, 2.75) is 26.1 Å². The van der Waals surface area contributed by atoms with Gasteiger partial charge in [-0.15, -0.1) is 24.5 Å². The van der Waals surface area contributed by atoms with Gasteiger partial charge in [-0.2, -0.15) is 9.78 Å². The van der Waals surface area contributed by atoms with Crippen LogP contribution in [0.5, 0.6) is 5.75 Å². The first-order valence-corrected chi connectivity index (χ1v) is 12.0. The van der Waals surface area contributed by atoms with E-state index in [1.807, 2.05) is 30.3 Å². The van der Waals surface area contributed by atoms with Crippen molar-refractivity contribution in [1.29, 1.82) is 0 Å². The number of halogens is 3. The van der Waals surface area contributed by atoms with Crippen molar-refractivity contribution < 1.29 is 32.2 Å². The van der Waals surface area contributed by atoms with Crippen LogP contribution >= 0.6 is 11.3 Å². The summed E-state index contributed by atoms with van der Waals surface area (Å²) in [6.45, 7) is 1.66. The van der Waals surface area contributed by atoms with Gasteiger partial charge < -0.3 is 14.8 Å². The smallest absolute Gasteiger partial charge is 0.461 e. The number of benzene rings is 2. The fourth-order valence-electron chi connectivity index (χ4n) is 3.55. The number of amides is 1. The molecule has 0 fully saturated rings. The second-order valence-corrected chi connectivity index (χ2v) is 8.59. The molecule has 1 amide bonds. The summed E-state index contributed by atoms with van der Waals surface area (Å²) in [7, 11) is 0. The van der Waals surface area contributed by atoms with Gasteiger partial charge in [-0.1, -0.05) is 30.3 Å². The normalized spacial score (nSPS) is 11.4. The number of hydrogen-bond donors (Lipinski definition) is 1. The molecule has 0 saturated heterocycles. The number of rotatable bonds is 8. The fraction of sp³-hybridized carbons (Fsp3) is 0.200. The lowest BCUT2D eigenvalue weighted by atomic mass is 10.1. The van der Waals surface area contributed by atoms with E-state index in [1.165, 1.54) is 17.5 Å². The molecular formula is C25H20F3N3O5S. The second-order valence-electron chi connectivity index (χ2n) is 7.72. The standard InChI is InChI=1S/C25H20F3N3O5S/c1-2-35-24(34)21-18-14-37-22(29-19(32)13-8-15-6-4-3-5-7-15)20(18)23(33)31(30-21)16-9-11-17(12-10-16)36-25(26,27)28/h3-7,9-12,14H,2,8,13H2,1H3,(H,29,32). The van der Waals surface area contributed by atoms with E-state index in [4.69, 9.17) is 4.74 Å². The minimum Gasteiger partial charge on any atom is -0.461 e. The van der Waals surface area contributed by atoms with Crippen LogP contribution in [-0.2, 0) is 16.0 Å². The van der Waals surface area contributed by atoms with E-state index in [1.54, 1.807) is 6.92 Å². The molecule has 37 heavy (non-hydrogen) atoms. The van der Waals surface area contributed by atoms with Crippen LogP contribution in [0, 0.1) is 0 Å². The summed E-state index contributed by atoms with van der Waals surface area (Å²) in [6.07, 6.45) is -4.23. The molecule has 0 spiro atoms. The van der Waals surface area contributed by atoms with E-state index in [0.717, 1.165) is 33.7 Å². The minimum atomic E-state index is -4.88. The Morgan fingerprint density at radius 3 is 2.43 bits per heavy atom. The van der Waals surface area contributed by atoms with Crippen LogP contribution in [0.15, 0.2) is 64.8 Å². The average Bonchev–Trinajstić information content (AvgIpc) is 3.27. The Labute approximate surface area is 212 Å². The molecule has 2 aromatic heterocycles. The number of anilines is 1. The van der Waals surface area contributed by atoms with Crippen LogP contribution in [-0.4, -0.2) is 34.6 Å². The summed E-state index contributed by atoms with van der Waals surface area (Å²) in [5.74, 6) is -1.61. The van der Waals surface area contributed by atoms with Gasteiger partial charge in [0.2, 0.25) is 5.91 Å². The molecule has 4 aromatic rings. The number of esters is 1. The van der Waals surface area contributed by atoms with Gasteiger partial charge in [0.1, 0.15) is 10.8 Å². The molecule has 0 atom stereocenters. The lowest BCUT2D eigenvalue weighted by molar-refractivity contribution is -0.274. The summed E-state index contributed by atoms with van der Waals surface area (Å²) in [5.41, 5.74) is 0.211. The van der Waals surface area contributed by atoms with Gasteiger partial charge in [0.25, 0.3) is 5.56 Å². The Kier molecular flexibility index (Phi) is 7.58. The summed E-state index contributed by atoms with van der Waals surface area (Å²) in [4.78, 5) is 38.7. The molecule has 0 saturated carbocycles. The topological polar surface area (TPSA) is 99.5 Å². The molecule has 192 valence electrons. The van der Waals surface area contributed by atoms with Gasteiger partial charge in [-0.05, 0) is 43.2 Å². The zero-order valence-electron chi connectivity index (χ0n) is 19.4. The van der Waals surface area contributed by atoms with Crippen LogP contribution in [0.25, 0.3) is 16.5 Å². The van der Waals surface area contributed by atoms with Crippen molar-refractivity contribution in [2.75, 3.05) is 11.9 Å². The van der Waals surface area contributed by atoms with Crippen LogP contribution < -0.4 is 15.6 Å². The Morgan fingerprint density at radius 2 is 1.78 bits per heavy atom. The molecule has 8 nitrogen and oxygen atoms in total. The number of nitrogens with zero attached hydrogens (tertiary/aromatic N) is 2.